The molecule has 2 heterocycles. The highest BCUT2D eigenvalue weighted by atomic mass is 16.6. The molecule has 0 bridgehead atoms. The number of H-pyrrole nitrogens is 1. The fourth-order valence-corrected chi connectivity index (χ4v) is 1.97. The molecule has 110 valence electrons. The number of aromatic amines is 1. The molecule has 0 fully saturated rings. The van der Waals surface area contributed by atoms with Crippen molar-refractivity contribution in [1.82, 2.24) is 20.5 Å². The maximum atomic E-state index is 12.2. The lowest BCUT2D eigenvalue weighted by atomic mass is 10.1. The van der Waals surface area contributed by atoms with Gasteiger partial charge in [-0.2, -0.15) is 5.10 Å². The number of nitrogens with one attached hydrogen (secondary N) is 2. The van der Waals surface area contributed by atoms with Gasteiger partial charge >= 0.3 is 5.69 Å². The van der Waals surface area contributed by atoms with Crippen molar-refractivity contribution in [3.8, 4) is 0 Å². The first-order valence-electron chi connectivity index (χ1n) is 6.47. The van der Waals surface area contributed by atoms with Gasteiger partial charge in [-0.3, -0.25) is 25.0 Å². The van der Waals surface area contributed by atoms with E-state index in [0.29, 0.717) is 12.1 Å². The van der Waals surface area contributed by atoms with Crippen molar-refractivity contribution in [1.29, 1.82) is 0 Å². The van der Waals surface area contributed by atoms with Gasteiger partial charge in [-0.25, -0.2) is 0 Å². The minimum atomic E-state index is -0.589. The molecule has 21 heavy (non-hydrogen) atoms. The molecule has 2 aromatic heterocycles. The number of carbonyl (C=O) groups excluding carboxylic acids is 1. The summed E-state index contributed by atoms with van der Waals surface area (Å²) in [6, 6.07) is 3.23. The second-order valence-electron chi connectivity index (χ2n) is 4.49. The quantitative estimate of drug-likeness (QED) is 0.643. The molecule has 2 rings (SSSR count). The molecule has 0 saturated heterocycles. The first-order valence-corrected chi connectivity index (χ1v) is 6.47. The molecule has 1 amide bonds. The molecule has 8 heteroatoms. The molecule has 0 unspecified atom stereocenters. The Kier molecular flexibility index (Phi) is 4.27. The molecule has 0 saturated carbocycles. The number of hydrogen-bond donors (Lipinski definition) is 2. The first-order chi connectivity index (χ1) is 10.0. The Morgan fingerprint density at radius 3 is 2.71 bits per heavy atom. The topological polar surface area (TPSA) is 114 Å². The number of hydrogen-bond acceptors (Lipinski definition) is 5. The fourth-order valence-electron chi connectivity index (χ4n) is 1.97. The van der Waals surface area contributed by atoms with Gasteiger partial charge in [-0.05, 0) is 31.0 Å². The van der Waals surface area contributed by atoms with Crippen LogP contribution >= 0.6 is 0 Å². The maximum Gasteiger partial charge on any atom is 0.322 e. The highest BCUT2D eigenvalue weighted by Crippen LogP contribution is 2.22. The maximum absolute atomic E-state index is 12.2. The van der Waals surface area contributed by atoms with Crippen LogP contribution in [0.3, 0.4) is 0 Å². The van der Waals surface area contributed by atoms with Crippen molar-refractivity contribution in [2.24, 2.45) is 0 Å². The Morgan fingerprint density at radius 1 is 1.48 bits per heavy atom. The zero-order valence-corrected chi connectivity index (χ0v) is 11.7. The van der Waals surface area contributed by atoms with Crippen molar-refractivity contribution in [2.75, 3.05) is 0 Å². The zero-order chi connectivity index (χ0) is 15.4. The molecule has 0 aliphatic carbocycles. The van der Waals surface area contributed by atoms with Crippen LogP contribution in [0.2, 0.25) is 0 Å². The standard InChI is InChI=1S/C13H15N5O3/c1-3-10-12(18(20)21)11(17-16-10)13(19)15-8(2)9-4-6-14-7-5-9/h4-8H,3H2,1-2H3,(H,15,19)(H,16,17)/t8-/m1/s1. The van der Waals surface area contributed by atoms with Gasteiger partial charge < -0.3 is 5.32 Å². The number of aryl methyl sites for hydroxylation is 1. The summed E-state index contributed by atoms with van der Waals surface area (Å²) in [6.45, 7) is 3.54. The third-order valence-electron chi connectivity index (χ3n) is 3.12. The fraction of sp³-hybridized carbons (Fsp3) is 0.308. The van der Waals surface area contributed by atoms with Gasteiger partial charge in [0.2, 0.25) is 5.69 Å². The summed E-state index contributed by atoms with van der Waals surface area (Å²) < 4.78 is 0. The van der Waals surface area contributed by atoms with E-state index in [9.17, 15) is 14.9 Å². The van der Waals surface area contributed by atoms with E-state index in [-0.39, 0.29) is 17.4 Å². The van der Waals surface area contributed by atoms with Crippen molar-refractivity contribution in [3.05, 3.63) is 51.6 Å². The highest BCUT2D eigenvalue weighted by molar-refractivity contribution is 5.96. The van der Waals surface area contributed by atoms with Gasteiger partial charge in [0, 0.05) is 12.4 Å². The summed E-state index contributed by atoms with van der Waals surface area (Å²) in [4.78, 5) is 26.6. The molecular formula is C13H15N5O3. The normalized spacial score (nSPS) is 11.9. The Bertz CT molecular complexity index is 653. The molecule has 0 radical (unpaired) electrons. The summed E-state index contributed by atoms with van der Waals surface area (Å²) in [6.07, 6.45) is 3.63. The Balaban J connectivity index is 2.21. The summed E-state index contributed by atoms with van der Waals surface area (Å²) in [5.41, 5.74) is 0.726. The van der Waals surface area contributed by atoms with Crippen LogP contribution in [-0.4, -0.2) is 26.0 Å². The Hall–Kier alpha value is -2.77. The lowest BCUT2D eigenvalue weighted by molar-refractivity contribution is -0.385. The second-order valence-corrected chi connectivity index (χ2v) is 4.49. The predicted molar refractivity (Wildman–Crippen MR) is 74.7 cm³/mol. The molecular weight excluding hydrogens is 274 g/mol. The third-order valence-corrected chi connectivity index (χ3v) is 3.12. The Labute approximate surface area is 120 Å². The molecule has 1 atom stereocenters. The van der Waals surface area contributed by atoms with Crippen LogP contribution in [0.15, 0.2) is 24.5 Å². The number of rotatable bonds is 5. The van der Waals surface area contributed by atoms with Crippen LogP contribution in [0.1, 0.15) is 41.6 Å². The SMILES string of the molecule is CCc1[nH]nc(C(=O)N[C@H](C)c2ccncc2)c1[N+](=O)[O-]. The van der Waals surface area contributed by atoms with Crippen LogP contribution < -0.4 is 5.32 Å². The van der Waals surface area contributed by atoms with E-state index in [1.165, 1.54) is 0 Å². The van der Waals surface area contributed by atoms with Crippen LogP contribution in [-0.2, 0) is 6.42 Å². The van der Waals surface area contributed by atoms with E-state index in [2.05, 4.69) is 20.5 Å². The first kappa shape index (κ1) is 14.6. The third kappa shape index (κ3) is 3.04. The molecule has 0 aliphatic rings. The van der Waals surface area contributed by atoms with E-state index in [0.717, 1.165) is 5.56 Å². The number of carbonyl (C=O) groups is 1. The number of nitro groups is 1. The van der Waals surface area contributed by atoms with E-state index >= 15 is 0 Å². The molecule has 2 N–H and O–H groups in total. The second kappa shape index (κ2) is 6.12. The minimum absolute atomic E-state index is 0.197. The van der Waals surface area contributed by atoms with Gasteiger partial charge in [-0.1, -0.05) is 6.92 Å². The Morgan fingerprint density at radius 2 is 2.14 bits per heavy atom. The number of nitrogens with zero attached hydrogens (tertiary/aromatic N) is 3. The average Bonchev–Trinajstić information content (AvgIpc) is 2.92. The van der Waals surface area contributed by atoms with Gasteiger partial charge in [0.25, 0.3) is 5.91 Å². The molecule has 0 aromatic carbocycles. The zero-order valence-electron chi connectivity index (χ0n) is 11.7. The lowest BCUT2D eigenvalue weighted by Crippen LogP contribution is -2.27. The van der Waals surface area contributed by atoms with Crippen molar-refractivity contribution in [2.45, 2.75) is 26.3 Å². The molecule has 8 nitrogen and oxygen atoms in total. The lowest BCUT2D eigenvalue weighted by Gasteiger charge is -2.12. The largest absolute Gasteiger partial charge is 0.344 e. The minimum Gasteiger partial charge on any atom is -0.344 e. The monoisotopic (exact) mass is 289 g/mol. The van der Waals surface area contributed by atoms with Crippen molar-refractivity contribution in [3.63, 3.8) is 0 Å². The van der Waals surface area contributed by atoms with Crippen LogP contribution in [0.4, 0.5) is 5.69 Å². The van der Waals surface area contributed by atoms with Crippen LogP contribution in [0.25, 0.3) is 0 Å². The summed E-state index contributed by atoms with van der Waals surface area (Å²) in [7, 11) is 0. The van der Waals surface area contributed by atoms with Crippen LogP contribution in [0.5, 0.6) is 0 Å². The number of aromatic nitrogens is 3. The van der Waals surface area contributed by atoms with Crippen LogP contribution in [0, 0.1) is 10.1 Å². The van der Waals surface area contributed by atoms with Crippen molar-refractivity contribution < 1.29 is 9.72 Å². The summed E-state index contributed by atoms with van der Waals surface area (Å²) in [5, 5.41) is 20.1. The van der Waals surface area contributed by atoms with Gasteiger partial charge in [-0.15, -0.1) is 0 Å². The smallest absolute Gasteiger partial charge is 0.322 e. The van der Waals surface area contributed by atoms with Gasteiger partial charge in [0.15, 0.2) is 0 Å². The highest BCUT2D eigenvalue weighted by Gasteiger charge is 2.28. The van der Waals surface area contributed by atoms with E-state index < -0.39 is 10.8 Å². The van der Waals surface area contributed by atoms with E-state index in [4.69, 9.17) is 0 Å². The number of amides is 1. The molecule has 0 aliphatic heterocycles. The van der Waals surface area contributed by atoms with Crippen molar-refractivity contribution >= 4 is 11.6 Å². The summed E-state index contributed by atoms with van der Waals surface area (Å²) >= 11 is 0. The van der Waals surface area contributed by atoms with Gasteiger partial charge in [0.05, 0.1) is 11.0 Å². The molecule has 2 aromatic rings. The average molecular weight is 289 g/mol. The van der Waals surface area contributed by atoms with E-state index in [1.807, 2.05) is 0 Å². The summed E-state index contributed by atoms with van der Waals surface area (Å²) in [5.74, 6) is -0.582. The predicted octanol–water partition coefficient (Wildman–Crippen LogP) is 1.77. The van der Waals surface area contributed by atoms with Gasteiger partial charge in [0.1, 0.15) is 5.69 Å². The molecule has 0 spiro atoms. The van der Waals surface area contributed by atoms with E-state index in [1.54, 1.807) is 38.4 Å². The number of pyridine rings is 1.